The van der Waals surface area contributed by atoms with Crippen molar-refractivity contribution in [1.29, 1.82) is 0 Å². The number of rotatable bonds is 3. The Hall–Kier alpha value is -1.60. The van der Waals surface area contributed by atoms with Gasteiger partial charge in [-0.15, -0.1) is 0 Å². The molecule has 2 aromatic heterocycles. The molecular formula is C11H12ClN5OS. The van der Waals surface area contributed by atoms with Crippen LogP contribution in [0.3, 0.4) is 0 Å². The first-order chi connectivity index (χ1) is 8.94. The van der Waals surface area contributed by atoms with E-state index in [9.17, 15) is 4.79 Å². The molecule has 2 rings (SSSR count). The Morgan fingerprint density at radius 1 is 1.32 bits per heavy atom. The van der Waals surface area contributed by atoms with Crippen molar-refractivity contribution in [2.45, 2.75) is 29.9 Å². The zero-order valence-electron chi connectivity index (χ0n) is 10.3. The van der Waals surface area contributed by atoms with Gasteiger partial charge >= 0.3 is 0 Å². The van der Waals surface area contributed by atoms with Gasteiger partial charge in [-0.25, -0.2) is 15.0 Å². The molecule has 2 aromatic rings. The Bertz CT molecular complexity index is 658. The molecule has 0 aromatic carbocycles. The predicted molar refractivity (Wildman–Crippen MR) is 74.5 cm³/mol. The first-order valence-electron chi connectivity index (χ1n) is 5.53. The summed E-state index contributed by atoms with van der Waals surface area (Å²) in [6, 6.07) is 2.83. The predicted octanol–water partition coefficient (Wildman–Crippen LogP) is 2.07. The van der Waals surface area contributed by atoms with E-state index in [0.29, 0.717) is 21.2 Å². The van der Waals surface area contributed by atoms with Gasteiger partial charge in [-0.3, -0.25) is 4.79 Å². The lowest BCUT2D eigenvalue weighted by molar-refractivity contribution is 0.752. The second-order valence-electron chi connectivity index (χ2n) is 4.12. The fraction of sp³-hybridized carbons (Fsp3) is 0.273. The van der Waals surface area contributed by atoms with E-state index in [4.69, 9.17) is 17.3 Å². The zero-order chi connectivity index (χ0) is 14.0. The molecule has 0 saturated heterocycles. The minimum absolute atomic E-state index is 0.158. The van der Waals surface area contributed by atoms with Gasteiger partial charge in [-0.1, -0.05) is 25.4 Å². The van der Waals surface area contributed by atoms with E-state index < -0.39 is 0 Å². The molecule has 6 nitrogen and oxygen atoms in total. The highest BCUT2D eigenvalue weighted by Crippen LogP contribution is 2.25. The summed E-state index contributed by atoms with van der Waals surface area (Å²) in [6.45, 7) is 3.95. The number of halogens is 1. The van der Waals surface area contributed by atoms with Crippen LogP contribution in [0.5, 0.6) is 0 Å². The van der Waals surface area contributed by atoms with Crippen molar-refractivity contribution in [1.82, 2.24) is 19.9 Å². The quantitative estimate of drug-likeness (QED) is 0.665. The molecule has 8 heteroatoms. The van der Waals surface area contributed by atoms with Gasteiger partial charge in [0.15, 0.2) is 5.16 Å². The minimum Gasteiger partial charge on any atom is -0.383 e. The number of hydrogen-bond acceptors (Lipinski definition) is 6. The first kappa shape index (κ1) is 13.8. The van der Waals surface area contributed by atoms with Gasteiger partial charge < -0.3 is 10.7 Å². The molecule has 3 N–H and O–H groups in total. The second-order valence-corrected chi connectivity index (χ2v) is 5.52. The van der Waals surface area contributed by atoms with Crippen molar-refractivity contribution < 1.29 is 0 Å². The molecule has 0 bridgehead atoms. The van der Waals surface area contributed by atoms with Crippen LogP contribution in [-0.2, 0) is 0 Å². The number of H-pyrrole nitrogens is 1. The van der Waals surface area contributed by atoms with E-state index in [-0.39, 0.29) is 17.3 Å². The summed E-state index contributed by atoms with van der Waals surface area (Å²) in [5.74, 6) is 0.961. The maximum atomic E-state index is 11.3. The van der Waals surface area contributed by atoms with Gasteiger partial charge in [0.05, 0.1) is 0 Å². The number of aromatic amines is 1. The number of aromatic nitrogens is 4. The summed E-state index contributed by atoms with van der Waals surface area (Å²) in [4.78, 5) is 26.4. The van der Waals surface area contributed by atoms with Crippen molar-refractivity contribution in [2.24, 2.45) is 0 Å². The third-order valence-corrected chi connectivity index (χ3v) is 3.14. The summed E-state index contributed by atoms with van der Waals surface area (Å²) in [5, 5.41) is 1.33. The number of nitrogen functional groups attached to an aromatic ring is 1. The van der Waals surface area contributed by atoms with Crippen LogP contribution in [0.2, 0.25) is 5.15 Å². The Labute approximate surface area is 118 Å². The maximum absolute atomic E-state index is 11.3. The van der Waals surface area contributed by atoms with Crippen LogP contribution < -0.4 is 11.3 Å². The van der Waals surface area contributed by atoms with Crippen molar-refractivity contribution in [3.05, 3.63) is 33.5 Å². The lowest BCUT2D eigenvalue weighted by Crippen LogP contribution is -2.09. The molecule has 0 saturated carbocycles. The van der Waals surface area contributed by atoms with Gasteiger partial charge in [-0.2, -0.15) is 0 Å². The second kappa shape index (κ2) is 5.58. The first-order valence-corrected chi connectivity index (χ1v) is 6.72. The van der Waals surface area contributed by atoms with E-state index in [1.807, 2.05) is 13.8 Å². The monoisotopic (exact) mass is 297 g/mol. The summed E-state index contributed by atoms with van der Waals surface area (Å²) >= 11 is 7.12. The highest BCUT2D eigenvalue weighted by Gasteiger charge is 2.09. The van der Waals surface area contributed by atoms with Crippen LogP contribution in [0.4, 0.5) is 5.82 Å². The largest absolute Gasteiger partial charge is 0.383 e. The van der Waals surface area contributed by atoms with Crippen LogP contribution >= 0.6 is 23.4 Å². The molecule has 0 unspecified atom stereocenters. The Morgan fingerprint density at radius 3 is 2.68 bits per heavy atom. The van der Waals surface area contributed by atoms with Crippen LogP contribution in [0.1, 0.15) is 25.6 Å². The molecule has 19 heavy (non-hydrogen) atoms. The molecular weight excluding hydrogens is 286 g/mol. The average Bonchev–Trinajstić information content (AvgIpc) is 2.26. The van der Waals surface area contributed by atoms with E-state index in [0.717, 1.165) is 0 Å². The molecule has 2 heterocycles. The molecule has 100 valence electrons. The van der Waals surface area contributed by atoms with Gasteiger partial charge in [0.1, 0.15) is 21.8 Å². The van der Waals surface area contributed by atoms with Crippen molar-refractivity contribution >= 4 is 29.2 Å². The van der Waals surface area contributed by atoms with Crippen LogP contribution in [0, 0.1) is 0 Å². The van der Waals surface area contributed by atoms with Crippen LogP contribution in [0.15, 0.2) is 27.1 Å². The molecule has 0 fully saturated rings. The fourth-order valence-corrected chi connectivity index (χ4v) is 2.39. The fourth-order valence-electron chi connectivity index (χ4n) is 1.32. The van der Waals surface area contributed by atoms with Gasteiger partial charge in [0.2, 0.25) is 0 Å². The SMILES string of the molecule is CC(C)c1nc(Cl)cc(Sc2nc(N)cc(=O)[nH]2)n1. The molecule has 0 atom stereocenters. The van der Waals surface area contributed by atoms with E-state index in [1.165, 1.54) is 17.8 Å². The van der Waals surface area contributed by atoms with E-state index in [2.05, 4.69) is 19.9 Å². The van der Waals surface area contributed by atoms with Gasteiger partial charge in [-0.05, 0) is 11.8 Å². The molecule has 0 spiro atoms. The van der Waals surface area contributed by atoms with Crippen LogP contribution in [-0.4, -0.2) is 19.9 Å². The smallest absolute Gasteiger partial charge is 0.253 e. The normalized spacial score (nSPS) is 10.9. The number of nitrogens with zero attached hydrogens (tertiary/aromatic N) is 3. The highest BCUT2D eigenvalue weighted by molar-refractivity contribution is 7.99. The number of anilines is 1. The minimum atomic E-state index is -0.306. The zero-order valence-corrected chi connectivity index (χ0v) is 11.9. The van der Waals surface area contributed by atoms with Crippen molar-refractivity contribution in [2.75, 3.05) is 5.73 Å². The number of hydrogen-bond donors (Lipinski definition) is 2. The standard InChI is InChI=1S/C11H12ClN5OS/c1-5(2)10-14-6(12)3-9(17-10)19-11-15-7(13)4-8(18)16-11/h3-5H,1-2H3,(H3,13,15,16,18). The number of nitrogens with one attached hydrogen (secondary N) is 1. The molecule has 0 amide bonds. The Balaban J connectivity index is 2.35. The van der Waals surface area contributed by atoms with Crippen LogP contribution in [0.25, 0.3) is 0 Å². The molecule has 0 aliphatic carbocycles. The summed E-state index contributed by atoms with van der Waals surface area (Å²) in [7, 11) is 0. The Kier molecular flexibility index (Phi) is 4.06. The third-order valence-electron chi connectivity index (χ3n) is 2.15. The lowest BCUT2D eigenvalue weighted by Gasteiger charge is -2.06. The van der Waals surface area contributed by atoms with E-state index in [1.54, 1.807) is 6.07 Å². The van der Waals surface area contributed by atoms with Crippen molar-refractivity contribution in [3.63, 3.8) is 0 Å². The van der Waals surface area contributed by atoms with Crippen molar-refractivity contribution in [3.8, 4) is 0 Å². The maximum Gasteiger partial charge on any atom is 0.253 e. The molecule has 0 radical (unpaired) electrons. The topological polar surface area (TPSA) is 97.5 Å². The highest BCUT2D eigenvalue weighted by atomic mass is 35.5. The molecule has 0 aliphatic heterocycles. The average molecular weight is 298 g/mol. The van der Waals surface area contributed by atoms with Gasteiger partial charge in [0.25, 0.3) is 5.56 Å². The molecule has 0 aliphatic rings. The lowest BCUT2D eigenvalue weighted by atomic mass is 10.2. The third kappa shape index (κ3) is 3.68. The Morgan fingerprint density at radius 2 is 2.05 bits per heavy atom. The van der Waals surface area contributed by atoms with Gasteiger partial charge in [0, 0.05) is 18.1 Å². The number of nitrogens with two attached hydrogens (primary N) is 1. The summed E-state index contributed by atoms with van der Waals surface area (Å²) in [6.07, 6.45) is 0. The summed E-state index contributed by atoms with van der Waals surface area (Å²) in [5.41, 5.74) is 5.21. The van der Waals surface area contributed by atoms with E-state index >= 15 is 0 Å². The summed E-state index contributed by atoms with van der Waals surface area (Å²) < 4.78 is 0.